The van der Waals surface area contributed by atoms with E-state index in [0.29, 0.717) is 6.54 Å². The van der Waals surface area contributed by atoms with Crippen LogP contribution in [0.25, 0.3) is 0 Å². The van der Waals surface area contributed by atoms with E-state index in [-0.39, 0.29) is 0 Å². The third-order valence-corrected chi connectivity index (χ3v) is 5.62. The molecule has 3 rings (SSSR count). The normalized spacial score (nSPS) is 14.9. The van der Waals surface area contributed by atoms with E-state index < -0.39 is 0 Å². The van der Waals surface area contributed by atoms with Crippen LogP contribution in [0, 0.1) is 0 Å². The second-order valence-corrected chi connectivity index (χ2v) is 7.54. The number of methoxy groups -OCH3 is 2. The molecule has 0 radical (unpaired) electrons. The summed E-state index contributed by atoms with van der Waals surface area (Å²) >= 11 is 0. The van der Waals surface area contributed by atoms with Crippen LogP contribution < -0.4 is 25.0 Å². The van der Waals surface area contributed by atoms with E-state index in [9.17, 15) is 0 Å². The van der Waals surface area contributed by atoms with Crippen LogP contribution in [0.15, 0.2) is 53.5 Å². The van der Waals surface area contributed by atoms with Gasteiger partial charge in [-0.2, -0.15) is 0 Å². The Hall–Kier alpha value is -2.93. The first-order valence-electron chi connectivity index (χ1n) is 10.9. The summed E-state index contributed by atoms with van der Waals surface area (Å²) in [6, 6.07) is 16.4. The molecule has 0 unspecified atom stereocenters. The van der Waals surface area contributed by atoms with Crippen molar-refractivity contribution in [2.24, 2.45) is 4.99 Å². The Bertz CT molecular complexity index is 817. The number of nitrogens with one attached hydrogen (secondary N) is 2. The van der Waals surface area contributed by atoms with Crippen molar-refractivity contribution in [2.75, 3.05) is 65.4 Å². The smallest absolute Gasteiger partial charge is 0.191 e. The highest BCUT2D eigenvalue weighted by Crippen LogP contribution is 2.20. The number of para-hydroxylation sites is 1. The topological polar surface area (TPSA) is 61.4 Å². The van der Waals surface area contributed by atoms with E-state index in [1.54, 1.807) is 21.3 Å². The van der Waals surface area contributed by atoms with E-state index in [4.69, 9.17) is 9.47 Å². The van der Waals surface area contributed by atoms with Gasteiger partial charge >= 0.3 is 0 Å². The maximum atomic E-state index is 5.41. The number of rotatable bonds is 9. The first-order valence-corrected chi connectivity index (χ1v) is 10.9. The summed E-state index contributed by atoms with van der Waals surface area (Å²) in [7, 11) is 5.20. The molecule has 1 fully saturated rings. The van der Waals surface area contributed by atoms with Gasteiger partial charge in [-0.15, -0.1) is 0 Å². The Labute approximate surface area is 186 Å². The Kier molecular flexibility index (Phi) is 8.84. The van der Waals surface area contributed by atoms with Gasteiger partial charge in [-0.3, -0.25) is 9.89 Å². The van der Waals surface area contributed by atoms with Crippen molar-refractivity contribution in [1.82, 2.24) is 15.5 Å². The number of benzene rings is 2. The molecule has 0 spiro atoms. The van der Waals surface area contributed by atoms with Crippen molar-refractivity contribution in [2.45, 2.75) is 13.0 Å². The summed E-state index contributed by atoms with van der Waals surface area (Å²) in [6.07, 6.45) is 1.08. The summed E-state index contributed by atoms with van der Waals surface area (Å²) < 4.78 is 10.7. The van der Waals surface area contributed by atoms with E-state index >= 15 is 0 Å². The van der Waals surface area contributed by atoms with Gasteiger partial charge in [0.2, 0.25) is 0 Å². The van der Waals surface area contributed by atoms with Crippen molar-refractivity contribution < 1.29 is 9.47 Å². The number of anilines is 1. The highest BCUT2D eigenvalue weighted by molar-refractivity contribution is 5.79. The lowest BCUT2D eigenvalue weighted by Gasteiger charge is -2.36. The summed E-state index contributed by atoms with van der Waals surface area (Å²) in [5.74, 6) is 2.61. The molecular weight excluding hydrogens is 390 g/mol. The number of hydrogen-bond donors (Lipinski definition) is 2. The molecule has 1 saturated heterocycles. The maximum absolute atomic E-state index is 5.41. The third-order valence-electron chi connectivity index (χ3n) is 5.62. The molecule has 2 aromatic carbocycles. The summed E-state index contributed by atoms with van der Waals surface area (Å²) in [6.45, 7) is 6.96. The molecule has 0 bridgehead atoms. The lowest BCUT2D eigenvalue weighted by molar-refractivity contribution is 0.255. The van der Waals surface area contributed by atoms with Crippen LogP contribution in [-0.4, -0.2) is 71.4 Å². The molecule has 1 aliphatic heterocycles. The molecule has 0 aromatic heterocycles. The standard InChI is InChI=1S/C24H35N5O2/c1-25-24(27-19-20-7-4-5-8-23(20)31-3)26-13-6-14-28-15-17-29(18-16-28)21-9-11-22(30-2)12-10-21/h4-5,7-12H,6,13-19H2,1-3H3,(H2,25,26,27). The van der Waals surface area contributed by atoms with Crippen molar-refractivity contribution in [3.05, 3.63) is 54.1 Å². The Balaban J connectivity index is 1.33. The van der Waals surface area contributed by atoms with Crippen LogP contribution >= 0.6 is 0 Å². The molecule has 0 atom stereocenters. The second kappa shape index (κ2) is 12.1. The number of piperazine rings is 1. The highest BCUT2D eigenvalue weighted by atomic mass is 16.5. The van der Waals surface area contributed by atoms with Crippen LogP contribution in [0.3, 0.4) is 0 Å². The first kappa shape index (κ1) is 22.7. The van der Waals surface area contributed by atoms with Crippen molar-refractivity contribution in [1.29, 1.82) is 0 Å². The minimum absolute atomic E-state index is 0.678. The predicted octanol–water partition coefficient (Wildman–Crippen LogP) is 2.58. The van der Waals surface area contributed by atoms with Crippen molar-refractivity contribution in [3.63, 3.8) is 0 Å². The summed E-state index contributed by atoms with van der Waals surface area (Å²) in [4.78, 5) is 9.30. The van der Waals surface area contributed by atoms with Gasteiger partial charge in [0.05, 0.1) is 14.2 Å². The minimum atomic E-state index is 0.678. The van der Waals surface area contributed by atoms with Gasteiger partial charge < -0.3 is 25.0 Å². The molecule has 0 aliphatic carbocycles. The number of hydrogen-bond acceptors (Lipinski definition) is 5. The molecule has 7 nitrogen and oxygen atoms in total. The van der Waals surface area contributed by atoms with Crippen LogP contribution in [-0.2, 0) is 6.54 Å². The van der Waals surface area contributed by atoms with Gasteiger partial charge in [0.25, 0.3) is 0 Å². The number of ether oxygens (including phenoxy) is 2. The lowest BCUT2D eigenvalue weighted by atomic mass is 10.2. The quantitative estimate of drug-likeness (QED) is 0.366. The average Bonchev–Trinajstić information content (AvgIpc) is 2.84. The maximum Gasteiger partial charge on any atom is 0.191 e. The molecule has 7 heteroatoms. The van der Waals surface area contributed by atoms with E-state index in [1.165, 1.54) is 5.69 Å². The van der Waals surface area contributed by atoms with Crippen LogP contribution in [0.2, 0.25) is 0 Å². The van der Waals surface area contributed by atoms with E-state index in [1.807, 2.05) is 30.3 Å². The zero-order chi connectivity index (χ0) is 21.9. The zero-order valence-electron chi connectivity index (χ0n) is 18.9. The number of guanidine groups is 1. The second-order valence-electron chi connectivity index (χ2n) is 7.54. The Morgan fingerprint density at radius 3 is 2.35 bits per heavy atom. The minimum Gasteiger partial charge on any atom is -0.497 e. The summed E-state index contributed by atoms with van der Waals surface area (Å²) in [5.41, 5.74) is 2.38. The molecule has 1 heterocycles. The molecule has 31 heavy (non-hydrogen) atoms. The Morgan fingerprint density at radius 1 is 0.935 bits per heavy atom. The number of nitrogens with zero attached hydrogens (tertiary/aromatic N) is 3. The average molecular weight is 426 g/mol. The fourth-order valence-corrected chi connectivity index (χ4v) is 3.78. The van der Waals surface area contributed by atoms with Gasteiger partial charge in [0, 0.05) is 57.6 Å². The molecule has 2 N–H and O–H groups in total. The van der Waals surface area contributed by atoms with Gasteiger partial charge in [-0.25, -0.2) is 0 Å². The zero-order valence-corrected chi connectivity index (χ0v) is 18.9. The fourth-order valence-electron chi connectivity index (χ4n) is 3.78. The third kappa shape index (κ3) is 6.79. The molecule has 1 aliphatic rings. The largest absolute Gasteiger partial charge is 0.497 e. The van der Waals surface area contributed by atoms with Crippen LogP contribution in [0.1, 0.15) is 12.0 Å². The first-order chi connectivity index (χ1) is 15.2. The molecule has 2 aromatic rings. The monoisotopic (exact) mass is 425 g/mol. The SMILES string of the molecule is CN=C(NCCCN1CCN(c2ccc(OC)cc2)CC1)NCc1ccccc1OC. The van der Waals surface area contributed by atoms with Gasteiger partial charge in [-0.05, 0) is 43.3 Å². The van der Waals surface area contributed by atoms with E-state index in [0.717, 1.165) is 68.7 Å². The van der Waals surface area contributed by atoms with Crippen LogP contribution in [0.4, 0.5) is 5.69 Å². The highest BCUT2D eigenvalue weighted by Gasteiger charge is 2.16. The predicted molar refractivity (Wildman–Crippen MR) is 127 cm³/mol. The lowest BCUT2D eigenvalue weighted by Crippen LogP contribution is -2.47. The van der Waals surface area contributed by atoms with Gasteiger partial charge in [0.1, 0.15) is 11.5 Å². The van der Waals surface area contributed by atoms with Crippen LogP contribution in [0.5, 0.6) is 11.5 Å². The molecule has 0 amide bonds. The van der Waals surface area contributed by atoms with Gasteiger partial charge in [-0.1, -0.05) is 18.2 Å². The van der Waals surface area contributed by atoms with E-state index in [2.05, 4.69) is 43.6 Å². The van der Waals surface area contributed by atoms with Gasteiger partial charge in [0.15, 0.2) is 5.96 Å². The molecular formula is C24H35N5O2. The molecule has 168 valence electrons. The summed E-state index contributed by atoms with van der Waals surface area (Å²) in [5, 5.41) is 6.77. The molecule has 0 saturated carbocycles. The Morgan fingerprint density at radius 2 is 1.68 bits per heavy atom. The number of aliphatic imine (C=N–C) groups is 1. The van der Waals surface area contributed by atoms with Crippen molar-refractivity contribution in [3.8, 4) is 11.5 Å². The van der Waals surface area contributed by atoms with Crippen molar-refractivity contribution >= 4 is 11.6 Å². The fraction of sp³-hybridized carbons (Fsp3) is 0.458.